The summed E-state index contributed by atoms with van der Waals surface area (Å²) in [4.78, 5) is 11.2. The SMILES string of the molecule is CC(C)c1nc(CN2CCC(c3ncn[nH]3)CC2)co1. The Morgan fingerprint density at radius 3 is 2.80 bits per heavy atom. The van der Waals surface area contributed by atoms with Gasteiger partial charge in [-0.15, -0.1) is 0 Å². The number of likely N-dealkylation sites (tertiary alicyclic amines) is 1. The van der Waals surface area contributed by atoms with Gasteiger partial charge in [-0.2, -0.15) is 5.10 Å². The van der Waals surface area contributed by atoms with Crippen molar-refractivity contribution < 1.29 is 4.42 Å². The van der Waals surface area contributed by atoms with Crippen molar-refractivity contribution in [2.45, 2.75) is 45.1 Å². The summed E-state index contributed by atoms with van der Waals surface area (Å²) in [5, 5.41) is 6.91. The minimum absolute atomic E-state index is 0.348. The molecule has 1 aliphatic heterocycles. The second-order valence-corrected chi connectivity index (χ2v) is 5.75. The van der Waals surface area contributed by atoms with Crippen molar-refractivity contribution >= 4 is 0 Å². The molecule has 0 radical (unpaired) electrons. The number of hydrogen-bond donors (Lipinski definition) is 1. The number of hydrogen-bond acceptors (Lipinski definition) is 5. The van der Waals surface area contributed by atoms with E-state index in [1.807, 2.05) is 0 Å². The van der Waals surface area contributed by atoms with Gasteiger partial charge >= 0.3 is 0 Å². The van der Waals surface area contributed by atoms with Gasteiger partial charge in [0.05, 0.1) is 5.69 Å². The zero-order chi connectivity index (χ0) is 13.9. The van der Waals surface area contributed by atoms with E-state index in [1.165, 1.54) is 0 Å². The van der Waals surface area contributed by atoms with E-state index >= 15 is 0 Å². The second-order valence-electron chi connectivity index (χ2n) is 5.75. The lowest BCUT2D eigenvalue weighted by Crippen LogP contribution is -2.32. The molecule has 1 fully saturated rings. The molecule has 0 saturated carbocycles. The van der Waals surface area contributed by atoms with Crippen LogP contribution in [-0.4, -0.2) is 38.2 Å². The van der Waals surface area contributed by atoms with Gasteiger partial charge in [-0.3, -0.25) is 10.00 Å². The minimum atomic E-state index is 0.348. The van der Waals surface area contributed by atoms with Crippen molar-refractivity contribution in [3.63, 3.8) is 0 Å². The van der Waals surface area contributed by atoms with Gasteiger partial charge in [-0.05, 0) is 25.9 Å². The predicted octanol–water partition coefficient (Wildman–Crippen LogP) is 2.30. The van der Waals surface area contributed by atoms with Crippen LogP contribution < -0.4 is 0 Å². The van der Waals surface area contributed by atoms with Gasteiger partial charge in [-0.25, -0.2) is 9.97 Å². The molecular formula is C14H21N5O. The highest BCUT2D eigenvalue weighted by molar-refractivity contribution is 5.01. The Hall–Kier alpha value is -1.69. The maximum Gasteiger partial charge on any atom is 0.196 e. The molecule has 2 aromatic rings. The van der Waals surface area contributed by atoms with Gasteiger partial charge in [0, 0.05) is 18.4 Å². The maximum absolute atomic E-state index is 5.49. The fourth-order valence-electron chi connectivity index (χ4n) is 2.67. The Balaban J connectivity index is 1.53. The quantitative estimate of drug-likeness (QED) is 0.927. The van der Waals surface area contributed by atoms with E-state index in [0.717, 1.165) is 49.9 Å². The van der Waals surface area contributed by atoms with Crippen LogP contribution in [0.2, 0.25) is 0 Å². The van der Waals surface area contributed by atoms with E-state index in [9.17, 15) is 0 Å². The lowest BCUT2D eigenvalue weighted by atomic mass is 9.96. The van der Waals surface area contributed by atoms with Crippen LogP contribution in [0.25, 0.3) is 0 Å². The van der Waals surface area contributed by atoms with Crippen LogP contribution in [0.1, 0.15) is 55.9 Å². The van der Waals surface area contributed by atoms with Crippen molar-refractivity contribution in [2.24, 2.45) is 0 Å². The summed E-state index contributed by atoms with van der Waals surface area (Å²) in [7, 11) is 0. The average Bonchev–Trinajstić information content (AvgIpc) is 3.10. The molecule has 0 amide bonds. The second kappa shape index (κ2) is 5.75. The zero-order valence-electron chi connectivity index (χ0n) is 12.0. The van der Waals surface area contributed by atoms with Crippen molar-refractivity contribution in [2.75, 3.05) is 13.1 Å². The Bertz CT molecular complexity index is 526. The Morgan fingerprint density at radius 2 is 2.20 bits per heavy atom. The number of rotatable bonds is 4. The summed E-state index contributed by atoms with van der Waals surface area (Å²) in [6.07, 6.45) is 5.61. The van der Waals surface area contributed by atoms with Crippen molar-refractivity contribution in [3.8, 4) is 0 Å². The first-order chi connectivity index (χ1) is 9.72. The summed E-state index contributed by atoms with van der Waals surface area (Å²) in [5.74, 6) is 2.71. The molecule has 2 aromatic heterocycles. The molecule has 0 aromatic carbocycles. The molecule has 1 aliphatic rings. The van der Waals surface area contributed by atoms with Gasteiger partial charge in [0.1, 0.15) is 18.4 Å². The summed E-state index contributed by atoms with van der Waals surface area (Å²) < 4.78 is 5.49. The third-order valence-electron chi connectivity index (χ3n) is 3.86. The van der Waals surface area contributed by atoms with Crippen LogP contribution in [0.4, 0.5) is 0 Å². The lowest BCUT2D eigenvalue weighted by molar-refractivity contribution is 0.199. The number of nitrogens with zero attached hydrogens (tertiary/aromatic N) is 4. The summed E-state index contributed by atoms with van der Waals surface area (Å²) in [6.45, 7) is 7.20. The molecule has 0 aliphatic carbocycles. The number of aromatic amines is 1. The molecular weight excluding hydrogens is 254 g/mol. The van der Waals surface area contributed by atoms with E-state index in [0.29, 0.717) is 11.8 Å². The molecule has 0 atom stereocenters. The Labute approximate surface area is 118 Å². The fourth-order valence-corrected chi connectivity index (χ4v) is 2.67. The van der Waals surface area contributed by atoms with Crippen LogP contribution in [-0.2, 0) is 6.54 Å². The zero-order valence-corrected chi connectivity index (χ0v) is 12.0. The normalized spacial score (nSPS) is 17.9. The van der Waals surface area contributed by atoms with E-state index in [1.54, 1.807) is 12.6 Å². The molecule has 108 valence electrons. The standard InChI is InChI=1S/C14H21N5O/c1-10(2)14-17-12(8-20-14)7-19-5-3-11(4-6-19)13-15-9-16-18-13/h8-11H,3-7H2,1-2H3,(H,15,16,18). The molecule has 6 nitrogen and oxygen atoms in total. The first kappa shape index (κ1) is 13.3. The predicted molar refractivity (Wildman–Crippen MR) is 74.2 cm³/mol. The molecule has 0 spiro atoms. The summed E-state index contributed by atoms with van der Waals surface area (Å²) in [6, 6.07) is 0. The molecule has 20 heavy (non-hydrogen) atoms. The average molecular weight is 275 g/mol. The molecule has 3 heterocycles. The van der Waals surface area contributed by atoms with Crippen LogP contribution >= 0.6 is 0 Å². The number of piperidine rings is 1. The van der Waals surface area contributed by atoms with Gasteiger partial charge in [0.15, 0.2) is 5.89 Å². The summed E-state index contributed by atoms with van der Waals surface area (Å²) in [5.41, 5.74) is 1.03. The van der Waals surface area contributed by atoms with E-state index in [-0.39, 0.29) is 0 Å². The van der Waals surface area contributed by atoms with E-state index < -0.39 is 0 Å². The molecule has 0 bridgehead atoms. The van der Waals surface area contributed by atoms with E-state index in [2.05, 4.69) is 38.9 Å². The third-order valence-corrected chi connectivity index (χ3v) is 3.86. The first-order valence-corrected chi connectivity index (χ1v) is 7.24. The van der Waals surface area contributed by atoms with Crippen molar-refractivity contribution in [1.82, 2.24) is 25.1 Å². The van der Waals surface area contributed by atoms with Gasteiger partial charge in [0.25, 0.3) is 0 Å². The van der Waals surface area contributed by atoms with Crippen LogP contribution in [0.15, 0.2) is 17.0 Å². The first-order valence-electron chi connectivity index (χ1n) is 7.24. The third kappa shape index (κ3) is 2.90. The smallest absolute Gasteiger partial charge is 0.196 e. The van der Waals surface area contributed by atoms with Gasteiger partial charge in [-0.1, -0.05) is 13.8 Å². The Morgan fingerprint density at radius 1 is 1.40 bits per heavy atom. The highest BCUT2D eigenvalue weighted by atomic mass is 16.3. The monoisotopic (exact) mass is 275 g/mol. The van der Waals surface area contributed by atoms with Gasteiger partial charge in [0.2, 0.25) is 0 Å². The molecule has 0 unspecified atom stereocenters. The lowest BCUT2D eigenvalue weighted by Gasteiger charge is -2.30. The fraction of sp³-hybridized carbons (Fsp3) is 0.643. The van der Waals surface area contributed by atoms with E-state index in [4.69, 9.17) is 4.42 Å². The summed E-state index contributed by atoms with van der Waals surface area (Å²) >= 11 is 0. The number of nitrogens with one attached hydrogen (secondary N) is 1. The molecule has 6 heteroatoms. The molecule has 1 saturated heterocycles. The van der Waals surface area contributed by atoms with Crippen LogP contribution in [0.3, 0.4) is 0 Å². The largest absolute Gasteiger partial charge is 0.448 e. The van der Waals surface area contributed by atoms with Crippen molar-refractivity contribution in [3.05, 3.63) is 30.0 Å². The Kier molecular flexibility index (Phi) is 3.82. The van der Waals surface area contributed by atoms with Crippen LogP contribution in [0, 0.1) is 0 Å². The molecule has 3 rings (SSSR count). The maximum atomic E-state index is 5.49. The number of H-pyrrole nitrogens is 1. The van der Waals surface area contributed by atoms with Gasteiger partial charge < -0.3 is 4.42 Å². The van der Waals surface area contributed by atoms with Crippen molar-refractivity contribution in [1.29, 1.82) is 0 Å². The molecule has 1 N–H and O–H groups in total. The minimum Gasteiger partial charge on any atom is -0.448 e. The highest BCUT2D eigenvalue weighted by Crippen LogP contribution is 2.26. The van der Waals surface area contributed by atoms with Crippen LogP contribution in [0.5, 0.6) is 0 Å². The number of oxazole rings is 1. The topological polar surface area (TPSA) is 70.8 Å². The highest BCUT2D eigenvalue weighted by Gasteiger charge is 2.23. The number of aromatic nitrogens is 4.